The molecule has 9 heteroatoms. The van der Waals surface area contributed by atoms with E-state index in [1.54, 1.807) is 36.4 Å². The molecule has 1 fully saturated rings. The number of carbonyl (C=O) groups is 2. The summed E-state index contributed by atoms with van der Waals surface area (Å²) in [6.07, 6.45) is 3.85. The van der Waals surface area contributed by atoms with Crippen molar-refractivity contribution in [3.63, 3.8) is 0 Å². The van der Waals surface area contributed by atoms with Gasteiger partial charge in [-0.15, -0.1) is 10.2 Å². The van der Waals surface area contributed by atoms with Gasteiger partial charge < -0.3 is 19.5 Å². The second kappa shape index (κ2) is 9.14. The highest BCUT2D eigenvalue weighted by atomic mass is 19.1. The number of benzene rings is 2. The first-order valence-corrected chi connectivity index (χ1v) is 10.7. The Morgan fingerprint density at radius 3 is 2.38 bits per heavy atom. The van der Waals surface area contributed by atoms with Crippen molar-refractivity contribution in [3.8, 4) is 17.4 Å². The molecule has 1 aliphatic rings. The van der Waals surface area contributed by atoms with Gasteiger partial charge >= 0.3 is 0 Å². The maximum absolute atomic E-state index is 13.2. The van der Waals surface area contributed by atoms with Gasteiger partial charge in [-0.2, -0.15) is 0 Å². The maximum atomic E-state index is 13.2. The Labute approximate surface area is 194 Å². The van der Waals surface area contributed by atoms with Gasteiger partial charge in [0.1, 0.15) is 11.6 Å². The van der Waals surface area contributed by atoms with E-state index in [0.717, 1.165) is 0 Å². The van der Waals surface area contributed by atoms with E-state index in [1.165, 1.54) is 29.2 Å². The Hall–Kier alpha value is -4.53. The van der Waals surface area contributed by atoms with Gasteiger partial charge in [-0.05, 0) is 66.7 Å². The largest absolute Gasteiger partial charge is 0.438 e. The molecule has 2 aromatic carbocycles. The van der Waals surface area contributed by atoms with Crippen molar-refractivity contribution in [1.29, 1.82) is 0 Å². The van der Waals surface area contributed by atoms with Crippen LogP contribution in [0.4, 0.5) is 15.8 Å². The minimum absolute atomic E-state index is 0.0993. The van der Waals surface area contributed by atoms with E-state index in [1.807, 2.05) is 29.1 Å². The molecule has 5 rings (SSSR count). The number of nitrogens with one attached hydrogen (secondary N) is 1. The standard InChI is InChI=1S/C25H20FN5O3/c26-18-3-7-20(8-4-18)31-16-17(15-24(31)32)25(33)27-19-5-9-21(10-6-19)34-23-12-11-22(28-29-23)30-13-1-2-14-30/h1-14,17H,15-16H2,(H,27,33). The van der Waals surface area contributed by atoms with E-state index in [-0.39, 0.29) is 30.6 Å². The molecule has 1 aliphatic heterocycles. The molecular weight excluding hydrogens is 437 g/mol. The summed E-state index contributed by atoms with van der Waals surface area (Å²) in [6.45, 7) is 0.245. The van der Waals surface area contributed by atoms with Gasteiger partial charge in [-0.3, -0.25) is 9.59 Å². The number of amides is 2. The SMILES string of the molecule is O=C(Nc1ccc(Oc2ccc(-n3cccc3)nn2)cc1)C1CC(=O)N(c2ccc(F)cc2)C1. The Bertz CT molecular complexity index is 1290. The number of aromatic nitrogens is 3. The van der Waals surface area contributed by atoms with E-state index in [4.69, 9.17) is 4.74 Å². The summed E-state index contributed by atoms with van der Waals surface area (Å²) in [5.74, 6) is 0.273. The van der Waals surface area contributed by atoms with Gasteiger partial charge in [-0.25, -0.2) is 4.39 Å². The molecule has 1 N–H and O–H groups in total. The monoisotopic (exact) mass is 457 g/mol. The predicted octanol–water partition coefficient (Wildman–Crippen LogP) is 4.19. The third-order valence-electron chi connectivity index (χ3n) is 5.47. The van der Waals surface area contributed by atoms with Crippen molar-refractivity contribution in [2.45, 2.75) is 6.42 Å². The van der Waals surface area contributed by atoms with Crippen LogP contribution in [0.1, 0.15) is 6.42 Å². The highest BCUT2D eigenvalue weighted by Gasteiger charge is 2.35. The van der Waals surface area contributed by atoms with Gasteiger partial charge in [0.25, 0.3) is 0 Å². The summed E-state index contributed by atoms with van der Waals surface area (Å²) in [6, 6.07) is 19.8. The summed E-state index contributed by atoms with van der Waals surface area (Å²) >= 11 is 0. The Morgan fingerprint density at radius 1 is 0.971 bits per heavy atom. The molecule has 3 heterocycles. The van der Waals surface area contributed by atoms with Crippen LogP contribution in [0.25, 0.3) is 5.82 Å². The van der Waals surface area contributed by atoms with Crippen LogP contribution in [0.2, 0.25) is 0 Å². The van der Waals surface area contributed by atoms with Crippen molar-refractivity contribution >= 4 is 23.2 Å². The van der Waals surface area contributed by atoms with Crippen LogP contribution in [0.5, 0.6) is 11.6 Å². The van der Waals surface area contributed by atoms with Crippen LogP contribution in [0.15, 0.2) is 85.2 Å². The summed E-state index contributed by atoms with van der Waals surface area (Å²) in [4.78, 5) is 26.6. The molecule has 4 aromatic rings. The number of hydrogen-bond acceptors (Lipinski definition) is 5. The molecule has 0 aliphatic carbocycles. The van der Waals surface area contributed by atoms with Gasteiger partial charge in [0.05, 0.1) is 5.92 Å². The lowest BCUT2D eigenvalue weighted by molar-refractivity contribution is -0.122. The molecule has 1 atom stereocenters. The number of ether oxygens (including phenoxy) is 1. The van der Waals surface area contributed by atoms with Gasteiger partial charge in [0, 0.05) is 42.8 Å². The molecule has 2 amide bonds. The van der Waals surface area contributed by atoms with Crippen molar-refractivity contribution in [3.05, 3.63) is 91.0 Å². The fraction of sp³-hybridized carbons (Fsp3) is 0.120. The Kier molecular flexibility index (Phi) is 5.73. The molecule has 1 unspecified atom stereocenters. The van der Waals surface area contributed by atoms with E-state index < -0.39 is 5.92 Å². The minimum atomic E-state index is -0.498. The van der Waals surface area contributed by atoms with E-state index in [9.17, 15) is 14.0 Å². The third kappa shape index (κ3) is 4.63. The van der Waals surface area contributed by atoms with Crippen LogP contribution < -0.4 is 15.0 Å². The third-order valence-corrected chi connectivity index (χ3v) is 5.47. The van der Waals surface area contributed by atoms with Crippen molar-refractivity contribution in [2.75, 3.05) is 16.8 Å². The molecule has 0 radical (unpaired) electrons. The zero-order valence-electron chi connectivity index (χ0n) is 18.0. The number of rotatable bonds is 6. The first-order chi connectivity index (χ1) is 16.5. The maximum Gasteiger partial charge on any atom is 0.238 e. The van der Waals surface area contributed by atoms with Gasteiger partial charge in [0.2, 0.25) is 17.7 Å². The number of nitrogens with zero attached hydrogens (tertiary/aromatic N) is 4. The lowest BCUT2D eigenvalue weighted by Gasteiger charge is -2.16. The highest BCUT2D eigenvalue weighted by molar-refractivity contribution is 6.03. The predicted molar refractivity (Wildman–Crippen MR) is 123 cm³/mol. The van der Waals surface area contributed by atoms with E-state index >= 15 is 0 Å². The Morgan fingerprint density at radius 2 is 1.71 bits per heavy atom. The molecule has 1 saturated heterocycles. The van der Waals surface area contributed by atoms with Gasteiger partial charge in [-0.1, -0.05) is 0 Å². The number of halogens is 1. The summed E-state index contributed by atoms with van der Waals surface area (Å²) in [5.41, 5.74) is 1.16. The van der Waals surface area contributed by atoms with Crippen molar-refractivity contribution in [2.24, 2.45) is 5.92 Å². The summed E-state index contributed by atoms with van der Waals surface area (Å²) in [5, 5.41) is 11.1. The average molecular weight is 457 g/mol. The lowest BCUT2D eigenvalue weighted by atomic mass is 10.1. The molecule has 0 spiro atoms. The lowest BCUT2D eigenvalue weighted by Crippen LogP contribution is -2.28. The number of anilines is 2. The molecule has 170 valence electrons. The summed E-state index contributed by atoms with van der Waals surface area (Å²) < 4.78 is 20.7. The molecule has 0 saturated carbocycles. The molecule has 0 bridgehead atoms. The topological polar surface area (TPSA) is 89.3 Å². The molecular formula is C25H20FN5O3. The first kappa shape index (κ1) is 21.3. The molecule has 34 heavy (non-hydrogen) atoms. The van der Waals surface area contributed by atoms with Crippen LogP contribution in [0.3, 0.4) is 0 Å². The van der Waals surface area contributed by atoms with Crippen molar-refractivity contribution < 1.29 is 18.7 Å². The zero-order valence-corrected chi connectivity index (χ0v) is 18.0. The normalized spacial score (nSPS) is 15.4. The second-order valence-corrected chi connectivity index (χ2v) is 7.82. The minimum Gasteiger partial charge on any atom is -0.438 e. The van der Waals surface area contributed by atoms with Gasteiger partial charge in [0.15, 0.2) is 5.82 Å². The van der Waals surface area contributed by atoms with Crippen LogP contribution in [-0.4, -0.2) is 33.1 Å². The molecule has 8 nitrogen and oxygen atoms in total. The fourth-order valence-electron chi connectivity index (χ4n) is 3.72. The fourth-order valence-corrected chi connectivity index (χ4v) is 3.72. The highest BCUT2D eigenvalue weighted by Crippen LogP contribution is 2.27. The molecule has 2 aromatic heterocycles. The van der Waals surface area contributed by atoms with Crippen LogP contribution in [-0.2, 0) is 9.59 Å². The average Bonchev–Trinajstić information content (AvgIpc) is 3.52. The summed E-state index contributed by atoms with van der Waals surface area (Å²) in [7, 11) is 0. The van der Waals surface area contributed by atoms with Crippen molar-refractivity contribution in [1.82, 2.24) is 14.8 Å². The quantitative estimate of drug-likeness (QED) is 0.469. The Balaban J connectivity index is 1.18. The zero-order chi connectivity index (χ0) is 23.5. The van der Waals surface area contributed by atoms with E-state index in [0.29, 0.717) is 28.8 Å². The van der Waals surface area contributed by atoms with Crippen LogP contribution in [0, 0.1) is 11.7 Å². The smallest absolute Gasteiger partial charge is 0.238 e. The number of carbonyl (C=O) groups excluding carboxylic acids is 2. The van der Waals surface area contributed by atoms with Crippen LogP contribution >= 0.6 is 0 Å². The first-order valence-electron chi connectivity index (χ1n) is 10.7. The second-order valence-electron chi connectivity index (χ2n) is 7.82. The van der Waals surface area contributed by atoms with E-state index in [2.05, 4.69) is 15.5 Å². The number of hydrogen-bond donors (Lipinski definition) is 1.